The minimum absolute atomic E-state index is 0.0853. The molecule has 0 saturated heterocycles. The van der Waals surface area contributed by atoms with E-state index in [9.17, 15) is 0 Å². The predicted molar refractivity (Wildman–Crippen MR) is 215 cm³/mol. The topological polar surface area (TPSA) is 8.17 Å². The quantitative estimate of drug-likeness (QED) is 0.184. The Morgan fingerprint density at radius 3 is 1.82 bits per heavy atom. The average Bonchev–Trinajstić information content (AvgIpc) is 3.59. The molecule has 0 atom stereocenters. The molecule has 1 heterocycles. The highest BCUT2D eigenvalue weighted by atomic mass is 15.1. The van der Waals surface area contributed by atoms with Gasteiger partial charge in [0.05, 0.1) is 11.0 Å². The van der Waals surface area contributed by atoms with Crippen LogP contribution in [-0.4, -0.2) is 4.57 Å². The van der Waals surface area contributed by atoms with Crippen LogP contribution in [0.5, 0.6) is 0 Å². The van der Waals surface area contributed by atoms with Crippen molar-refractivity contribution in [3.05, 3.63) is 181 Å². The molecule has 8 aromatic carbocycles. The number of anilines is 3. The summed E-state index contributed by atoms with van der Waals surface area (Å²) in [7, 11) is 0. The Hall–Kier alpha value is -6.38. The van der Waals surface area contributed by atoms with Crippen molar-refractivity contribution in [2.24, 2.45) is 0 Å². The number of hydrogen-bond donors (Lipinski definition) is 0. The molecule has 0 saturated carbocycles. The Labute approximate surface area is 297 Å². The van der Waals surface area contributed by atoms with E-state index in [1.54, 1.807) is 0 Å². The number of benzene rings is 8. The van der Waals surface area contributed by atoms with Crippen LogP contribution < -0.4 is 4.90 Å². The maximum atomic E-state index is 2.48. The van der Waals surface area contributed by atoms with Gasteiger partial charge >= 0.3 is 0 Å². The van der Waals surface area contributed by atoms with Crippen LogP contribution in [0.4, 0.5) is 17.1 Å². The van der Waals surface area contributed by atoms with Crippen LogP contribution in [0.2, 0.25) is 0 Å². The molecule has 0 fully saturated rings. The molecule has 2 aliphatic rings. The van der Waals surface area contributed by atoms with E-state index < -0.39 is 0 Å². The highest BCUT2D eigenvalue weighted by Crippen LogP contribution is 2.52. The van der Waals surface area contributed by atoms with Gasteiger partial charge in [0, 0.05) is 38.9 Å². The Balaban J connectivity index is 1.15. The first-order chi connectivity index (χ1) is 25.1. The molecular weight excluding hydrogens is 617 g/mol. The second-order valence-corrected chi connectivity index (χ2v) is 14.5. The molecule has 0 bridgehead atoms. The second kappa shape index (κ2) is 10.3. The largest absolute Gasteiger partial charge is 0.310 e. The number of rotatable bonds is 4. The highest BCUT2D eigenvalue weighted by Gasteiger charge is 2.36. The van der Waals surface area contributed by atoms with Gasteiger partial charge in [0.2, 0.25) is 0 Å². The summed E-state index contributed by atoms with van der Waals surface area (Å²) in [5.41, 5.74) is 17.5. The fraction of sp³-hybridized carbons (Fsp3) is 0.0612. The molecule has 0 spiro atoms. The van der Waals surface area contributed by atoms with Gasteiger partial charge in [-0.2, -0.15) is 0 Å². The fourth-order valence-electron chi connectivity index (χ4n) is 9.23. The number of para-hydroxylation sites is 1. The van der Waals surface area contributed by atoms with Crippen LogP contribution in [0, 0.1) is 0 Å². The third-order valence-electron chi connectivity index (χ3n) is 11.5. The summed E-state index contributed by atoms with van der Waals surface area (Å²) < 4.78 is 2.48. The summed E-state index contributed by atoms with van der Waals surface area (Å²) >= 11 is 0. The third kappa shape index (κ3) is 3.88. The molecule has 0 amide bonds. The molecular formula is C49H34N2. The highest BCUT2D eigenvalue weighted by molar-refractivity contribution is 6.30. The zero-order valence-corrected chi connectivity index (χ0v) is 28.6. The standard InChI is InChI=1S/C49H34N2/c1-49(2)42-23-9-8-20-38(42)39-27-26-35(30-43(39)49)50(32-14-4-3-5-15-32)33-16-11-17-34(29-33)51-44-24-12-22-41-37-19-7-6-18-36(37)40-21-10-13-31-25-28-45(51)48(46(31)40)47(41)44/h3-30H,1-2H3. The first-order valence-corrected chi connectivity index (χ1v) is 17.9. The molecule has 2 aliphatic carbocycles. The second-order valence-electron chi connectivity index (χ2n) is 14.5. The molecule has 0 radical (unpaired) electrons. The molecule has 0 aliphatic heterocycles. The summed E-state index contributed by atoms with van der Waals surface area (Å²) in [5, 5.41) is 5.26. The van der Waals surface area contributed by atoms with Gasteiger partial charge in [-0.3, -0.25) is 0 Å². The lowest BCUT2D eigenvalue weighted by molar-refractivity contribution is 0.660. The first-order valence-electron chi connectivity index (χ1n) is 17.9. The van der Waals surface area contributed by atoms with Gasteiger partial charge in [-0.05, 0) is 110 Å². The maximum Gasteiger partial charge on any atom is 0.0548 e. The Morgan fingerprint density at radius 1 is 0.392 bits per heavy atom. The van der Waals surface area contributed by atoms with Crippen molar-refractivity contribution in [2.45, 2.75) is 19.3 Å². The average molecular weight is 651 g/mol. The van der Waals surface area contributed by atoms with Crippen molar-refractivity contribution in [3.63, 3.8) is 0 Å². The third-order valence-corrected chi connectivity index (χ3v) is 11.5. The lowest BCUT2D eigenvalue weighted by Crippen LogP contribution is -2.16. The van der Waals surface area contributed by atoms with Crippen LogP contribution in [-0.2, 0) is 5.41 Å². The molecule has 0 unspecified atom stereocenters. The lowest BCUT2D eigenvalue weighted by Gasteiger charge is -2.28. The van der Waals surface area contributed by atoms with E-state index in [4.69, 9.17) is 0 Å². The van der Waals surface area contributed by atoms with E-state index in [-0.39, 0.29) is 5.41 Å². The van der Waals surface area contributed by atoms with E-state index in [0.717, 1.165) is 22.7 Å². The molecule has 1 aromatic heterocycles. The Morgan fingerprint density at radius 2 is 1.00 bits per heavy atom. The summed E-state index contributed by atoms with van der Waals surface area (Å²) in [6.45, 7) is 4.71. The summed E-state index contributed by atoms with van der Waals surface area (Å²) in [5.74, 6) is 0. The Bertz CT molecular complexity index is 2890. The molecule has 51 heavy (non-hydrogen) atoms. The van der Waals surface area contributed by atoms with Gasteiger partial charge in [-0.1, -0.05) is 129 Å². The first kappa shape index (κ1) is 28.5. The van der Waals surface area contributed by atoms with E-state index in [1.165, 1.54) is 77.1 Å². The van der Waals surface area contributed by atoms with E-state index in [2.05, 4.69) is 193 Å². The monoisotopic (exact) mass is 650 g/mol. The zero-order valence-electron chi connectivity index (χ0n) is 28.6. The summed E-state index contributed by atoms with van der Waals surface area (Å²) in [6, 6.07) is 62.9. The van der Waals surface area contributed by atoms with Gasteiger partial charge in [-0.15, -0.1) is 0 Å². The molecule has 0 N–H and O–H groups in total. The minimum Gasteiger partial charge on any atom is -0.310 e. The SMILES string of the molecule is CC1(C)c2ccccc2-c2ccc(N(c3ccccc3)c3cccc(-n4c5cccc6c5c5c7c(cccc7ccc54)-c4ccccc4-6)c3)cc21. The number of nitrogens with zero attached hydrogens (tertiary/aromatic N) is 2. The van der Waals surface area contributed by atoms with E-state index in [0.29, 0.717) is 0 Å². The van der Waals surface area contributed by atoms with Gasteiger partial charge in [0.25, 0.3) is 0 Å². The lowest BCUT2D eigenvalue weighted by atomic mass is 9.82. The minimum atomic E-state index is -0.0853. The Kier molecular flexibility index (Phi) is 5.76. The fourth-order valence-corrected chi connectivity index (χ4v) is 9.23. The van der Waals surface area contributed by atoms with Crippen LogP contribution in [0.25, 0.3) is 71.6 Å². The van der Waals surface area contributed by atoms with Crippen LogP contribution in [0.1, 0.15) is 25.0 Å². The summed E-state index contributed by atoms with van der Waals surface area (Å²) in [6.07, 6.45) is 0. The van der Waals surface area contributed by atoms with Crippen molar-refractivity contribution in [1.29, 1.82) is 0 Å². The van der Waals surface area contributed by atoms with Crippen molar-refractivity contribution in [2.75, 3.05) is 4.90 Å². The molecule has 2 nitrogen and oxygen atoms in total. The van der Waals surface area contributed by atoms with Crippen molar-refractivity contribution < 1.29 is 0 Å². The number of aromatic nitrogens is 1. The van der Waals surface area contributed by atoms with Gasteiger partial charge in [0.15, 0.2) is 0 Å². The summed E-state index contributed by atoms with van der Waals surface area (Å²) in [4.78, 5) is 2.41. The smallest absolute Gasteiger partial charge is 0.0548 e. The molecule has 2 heteroatoms. The van der Waals surface area contributed by atoms with E-state index >= 15 is 0 Å². The van der Waals surface area contributed by atoms with Crippen molar-refractivity contribution in [3.8, 4) is 39.1 Å². The van der Waals surface area contributed by atoms with Crippen molar-refractivity contribution in [1.82, 2.24) is 4.57 Å². The maximum absolute atomic E-state index is 2.48. The normalized spacial score (nSPS) is 13.5. The predicted octanol–water partition coefficient (Wildman–Crippen LogP) is 13.4. The molecule has 240 valence electrons. The number of fused-ring (bicyclic) bond motifs is 6. The zero-order chi connectivity index (χ0) is 33.8. The molecule has 9 aromatic rings. The number of hydrogen-bond acceptors (Lipinski definition) is 1. The molecule has 11 rings (SSSR count). The van der Waals surface area contributed by atoms with Gasteiger partial charge < -0.3 is 9.47 Å². The van der Waals surface area contributed by atoms with E-state index in [1.807, 2.05) is 0 Å². The van der Waals surface area contributed by atoms with Crippen LogP contribution in [0.15, 0.2) is 170 Å². The van der Waals surface area contributed by atoms with Crippen molar-refractivity contribution >= 4 is 49.6 Å². The van der Waals surface area contributed by atoms with Gasteiger partial charge in [0.1, 0.15) is 0 Å². The van der Waals surface area contributed by atoms with Crippen LogP contribution >= 0.6 is 0 Å². The van der Waals surface area contributed by atoms with Gasteiger partial charge in [-0.25, -0.2) is 0 Å². The van der Waals surface area contributed by atoms with Crippen LogP contribution in [0.3, 0.4) is 0 Å².